The molecule has 3 heterocycles. The lowest BCUT2D eigenvalue weighted by Gasteiger charge is -2.37. The minimum Gasteiger partial charge on any atom is -0.477 e. The first-order chi connectivity index (χ1) is 20.0. The summed E-state index contributed by atoms with van der Waals surface area (Å²) in [6, 6.07) is 8.95. The van der Waals surface area contributed by atoms with Gasteiger partial charge in [-0.05, 0) is 37.1 Å². The number of fused-ring (bicyclic) bond motifs is 1. The lowest BCUT2D eigenvalue weighted by Crippen LogP contribution is -2.47. The average Bonchev–Trinajstić information content (AvgIpc) is 3.81. The highest BCUT2D eigenvalue weighted by atomic mass is 32.2. The third-order valence-electron chi connectivity index (χ3n) is 7.49. The minimum atomic E-state index is -4.76. The molecule has 1 aliphatic carbocycles. The summed E-state index contributed by atoms with van der Waals surface area (Å²) in [5.41, 5.74) is -0.767. The van der Waals surface area contributed by atoms with Crippen LogP contribution in [0.4, 0.5) is 29.1 Å². The van der Waals surface area contributed by atoms with Crippen molar-refractivity contribution in [2.45, 2.75) is 28.7 Å². The monoisotopic (exact) mass is 602 g/mol. The molecular formula is C28H22F4N4O5S. The van der Waals surface area contributed by atoms with Crippen molar-refractivity contribution >= 4 is 38.2 Å². The third-order valence-corrected chi connectivity index (χ3v) is 9.28. The van der Waals surface area contributed by atoms with Crippen LogP contribution >= 0.6 is 0 Å². The molecule has 1 N–H and O–H groups in total. The van der Waals surface area contributed by atoms with Crippen molar-refractivity contribution in [3.8, 4) is 0 Å². The predicted molar refractivity (Wildman–Crippen MR) is 144 cm³/mol. The summed E-state index contributed by atoms with van der Waals surface area (Å²) in [7, 11) is -4.76. The van der Waals surface area contributed by atoms with Crippen molar-refractivity contribution in [2.24, 2.45) is 0 Å². The molecule has 0 radical (unpaired) electrons. The molecule has 0 unspecified atom stereocenters. The van der Waals surface area contributed by atoms with E-state index in [1.54, 1.807) is 9.47 Å². The number of rotatable bonds is 6. The number of pyridine rings is 2. The van der Waals surface area contributed by atoms with Gasteiger partial charge >= 0.3 is 5.97 Å². The molecule has 1 saturated heterocycles. The highest BCUT2D eigenvalue weighted by molar-refractivity contribution is 7.91. The van der Waals surface area contributed by atoms with Gasteiger partial charge < -0.3 is 19.5 Å². The average molecular weight is 603 g/mol. The molecule has 0 atom stereocenters. The molecule has 1 aliphatic heterocycles. The van der Waals surface area contributed by atoms with Gasteiger partial charge in [-0.1, -0.05) is 18.2 Å². The molecule has 2 aromatic carbocycles. The van der Waals surface area contributed by atoms with Crippen LogP contribution in [0, 0.1) is 23.4 Å². The second-order valence-corrected chi connectivity index (χ2v) is 12.0. The highest BCUT2D eigenvalue weighted by Gasteiger charge is 2.35. The van der Waals surface area contributed by atoms with Crippen LogP contribution in [0.25, 0.3) is 10.9 Å². The Morgan fingerprint density at radius 2 is 1.57 bits per heavy atom. The number of hydrogen-bond donors (Lipinski definition) is 1. The number of halogens is 4. The number of anilines is 2. The second-order valence-electron chi connectivity index (χ2n) is 10.1. The smallest absolute Gasteiger partial charge is 0.341 e. The molecule has 2 fully saturated rings. The minimum absolute atomic E-state index is 0.0230. The van der Waals surface area contributed by atoms with E-state index >= 15 is 8.78 Å². The number of carboxylic acids is 1. The summed E-state index contributed by atoms with van der Waals surface area (Å²) in [5.74, 6) is -8.11. The number of aromatic carboxylic acids is 1. The number of benzene rings is 2. The maximum atomic E-state index is 15.6. The third kappa shape index (κ3) is 4.55. The van der Waals surface area contributed by atoms with Gasteiger partial charge in [0.1, 0.15) is 11.4 Å². The Labute approximate surface area is 236 Å². The molecule has 2 aliphatic rings. The Hall–Kier alpha value is -4.46. The number of hydrogen-bond acceptors (Lipinski definition) is 7. The maximum absolute atomic E-state index is 15.6. The van der Waals surface area contributed by atoms with Crippen molar-refractivity contribution in [3.63, 3.8) is 0 Å². The van der Waals surface area contributed by atoms with Crippen LogP contribution in [0.2, 0.25) is 0 Å². The number of sulfone groups is 1. The first kappa shape index (κ1) is 27.7. The summed E-state index contributed by atoms with van der Waals surface area (Å²) in [6.45, 7) is 0.0176. The molecule has 1 saturated carbocycles. The summed E-state index contributed by atoms with van der Waals surface area (Å²) in [4.78, 5) is 28.7. The molecule has 0 bridgehead atoms. The molecule has 42 heavy (non-hydrogen) atoms. The fraction of sp³-hybridized carbons (Fsp3) is 0.250. The lowest BCUT2D eigenvalue weighted by atomic mass is 10.1. The Bertz CT molecular complexity index is 1920. The van der Waals surface area contributed by atoms with Crippen molar-refractivity contribution in [3.05, 3.63) is 87.8 Å². The Kier molecular flexibility index (Phi) is 6.67. The van der Waals surface area contributed by atoms with Crippen LogP contribution in [0.5, 0.6) is 0 Å². The molecule has 218 valence electrons. The van der Waals surface area contributed by atoms with E-state index < -0.39 is 65.8 Å². The molecule has 2 aromatic heterocycles. The predicted octanol–water partition coefficient (Wildman–Crippen LogP) is 4.15. The fourth-order valence-electron chi connectivity index (χ4n) is 5.21. The normalized spacial score (nSPS) is 15.8. The van der Waals surface area contributed by atoms with Crippen LogP contribution in [-0.2, 0) is 9.84 Å². The van der Waals surface area contributed by atoms with Gasteiger partial charge in [0, 0.05) is 43.8 Å². The quantitative estimate of drug-likeness (QED) is 0.259. The molecular weight excluding hydrogens is 580 g/mol. The molecule has 6 rings (SSSR count). The summed E-state index contributed by atoms with van der Waals surface area (Å²) >= 11 is 0. The van der Waals surface area contributed by atoms with E-state index in [-0.39, 0.29) is 43.3 Å². The zero-order valence-electron chi connectivity index (χ0n) is 21.7. The molecule has 14 heteroatoms. The van der Waals surface area contributed by atoms with Gasteiger partial charge in [0.15, 0.2) is 22.3 Å². The SMILES string of the molecule is O=C(O)c1cn(C2CC2)c2cc(N3CCN(c4nc(F)c(F)c(S(=O)(=O)c5ccccc5)c4F)CC3)c(F)cc2c1=O. The number of carboxylic acid groups (broad SMARTS) is 1. The topological polar surface area (TPSA) is 113 Å². The van der Waals surface area contributed by atoms with Crippen molar-refractivity contribution in [1.29, 1.82) is 0 Å². The van der Waals surface area contributed by atoms with Crippen LogP contribution < -0.4 is 15.2 Å². The van der Waals surface area contributed by atoms with E-state index in [9.17, 15) is 31.9 Å². The van der Waals surface area contributed by atoms with Gasteiger partial charge in [0.05, 0.1) is 16.1 Å². The summed E-state index contributed by atoms with van der Waals surface area (Å²) in [5, 5.41) is 9.37. The molecule has 0 spiro atoms. The first-order valence-electron chi connectivity index (χ1n) is 12.9. The van der Waals surface area contributed by atoms with Gasteiger partial charge in [-0.2, -0.15) is 9.37 Å². The Morgan fingerprint density at radius 1 is 0.929 bits per heavy atom. The lowest BCUT2D eigenvalue weighted by molar-refractivity contribution is 0.0694. The zero-order chi connectivity index (χ0) is 29.9. The largest absolute Gasteiger partial charge is 0.477 e. The van der Waals surface area contributed by atoms with Gasteiger partial charge in [-0.3, -0.25) is 4.79 Å². The summed E-state index contributed by atoms with van der Waals surface area (Å²) < 4.78 is 87.7. The zero-order valence-corrected chi connectivity index (χ0v) is 22.5. The van der Waals surface area contributed by atoms with Gasteiger partial charge in [-0.15, -0.1) is 0 Å². The number of nitrogens with zero attached hydrogens (tertiary/aromatic N) is 4. The van der Waals surface area contributed by atoms with Gasteiger partial charge in [-0.25, -0.2) is 26.4 Å². The number of piperazine rings is 1. The maximum Gasteiger partial charge on any atom is 0.341 e. The van der Waals surface area contributed by atoms with Crippen molar-refractivity contribution in [2.75, 3.05) is 36.0 Å². The highest BCUT2D eigenvalue weighted by Crippen LogP contribution is 2.38. The van der Waals surface area contributed by atoms with Crippen LogP contribution in [0.1, 0.15) is 29.2 Å². The van der Waals surface area contributed by atoms with E-state index in [0.29, 0.717) is 5.52 Å². The second kappa shape index (κ2) is 10.1. The van der Waals surface area contributed by atoms with E-state index in [1.165, 1.54) is 35.4 Å². The van der Waals surface area contributed by atoms with Crippen molar-refractivity contribution < 1.29 is 35.9 Å². The molecule has 9 nitrogen and oxygen atoms in total. The van der Waals surface area contributed by atoms with E-state index in [2.05, 4.69) is 4.98 Å². The van der Waals surface area contributed by atoms with Crippen molar-refractivity contribution in [1.82, 2.24) is 9.55 Å². The number of aromatic nitrogens is 2. The molecule has 0 amide bonds. The van der Waals surface area contributed by atoms with Gasteiger partial charge in [0.25, 0.3) is 5.95 Å². The van der Waals surface area contributed by atoms with E-state index in [4.69, 9.17) is 0 Å². The first-order valence-corrected chi connectivity index (χ1v) is 14.4. The van der Waals surface area contributed by atoms with Crippen LogP contribution in [-0.4, -0.2) is 55.2 Å². The Morgan fingerprint density at radius 3 is 2.19 bits per heavy atom. The standard InChI is InChI=1S/C28H22F4N4O5S/c29-19-12-17-20(36(15-6-7-15)14-18(24(17)37)28(38)39)13-21(19)34-8-10-35(11-9-34)27-23(31)25(22(30)26(32)33-27)42(40,41)16-4-2-1-3-5-16/h1-5,12-15H,6-11H2,(H,38,39). The number of carbonyl (C=O) groups is 1. The van der Waals surface area contributed by atoms with E-state index in [1.807, 2.05) is 0 Å². The Balaban J connectivity index is 1.32. The van der Waals surface area contributed by atoms with Crippen LogP contribution in [0.15, 0.2) is 63.2 Å². The van der Waals surface area contributed by atoms with E-state index in [0.717, 1.165) is 31.0 Å². The summed E-state index contributed by atoms with van der Waals surface area (Å²) in [6.07, 6.45) is 2.82. The molecule has 4 aromatic rings. The van der Waals surface area contributed by atoms with Crippen LogP contribution in [0.3, 0.4) is 0 Å². The van der Waals surface area contributed by atoms with Gasteiger partial charge in [0.2, 0.25) is 15.3 Å². The fourth-order valence-corrected chi connectivity index (χ4v) is 6.61.